The summed E-state index contributed by atoms with van der Waals surface area (Å²) in [6.45, 7) is 3.95. The van der Waals surface area contributed by atoms with Crippen molar-refractivity contribution < 1.29 is 25.5 Å². The number of likely N-dealkylation sites (N-methyl/N-ethyl adjacent to an activating group) is 1. The highest BCUT2D eigenvalue weighted by Gasteiger charge is 2.23. The fourth-order valence-electron chi connectivity index (χ4n) is 1.50. The predicted octanol–water partition coefficient (Wildman–Crippen LogP) is 1.39. The molecule has 21 heavy (non-hydrogen) atoms. The molecule has 0 atom stereocenters. The second-order valence-corrected chi connectivity index (χ2v) is 8.05. The van der Waals surface area contributed by atoms with Crippen molar-refractivity contribution in [2.24, 2.45) is 0 Å². The van der Waals surface area contributed by atoms with Gasteiger partial charge in [0.1, 0.15) is 0 Å². The van der Waals surface area contributed by atoms with Gasteiger partial charge in [-0.1, -0.05) is 6.07 Å². The first-order valence-corrected chi connectivity index (χ1v) is 9.00. The summed E-state index contributed by atoms with van der Waals surface area (Å²) in [5.41, 5.74) is 0. The molecule has 0 fully saturated rings. The molecular formula is C12H18FNO5S2. The lowest BCUT2D eigenvalue weighted by Gasteiger charge is -2.18. The van der Waals surface area contributed by atoms with Crippen LogP contribution in [-0.2, 0) is 25.0 Å². The minimum Gasteiger partial charge on any atom is -0.377 e. The zero-order chi connectivity index (χ0) is 16.3. The molecular weight excluding hydrogens is 321 g/mol. The van der Waals surface area contributed by atoms with Crippen LogP contribution in [0.25, 0.3) is 0 Å². The maximum Gasteiger partial charge on any atom is 0.332 e. The molecule has 0 heterocycles. The van der Waals surface area contributed by atoms with Crippen molar-refractivity contribution >= 4 is 20.2 Å². The fraction of sp³-hybridized carbons (Fsp3) is 0.500. The highest BCUT2D eigenvalue weighted by Crippen LogP contribution is 2.20. The average Bonchev–Trinajstić information content (AvgIpc) is 2.37. The zero-order valence-corrected chi connectivity index (χ0v) is 13.6. The van der Waals surface area contributed by atoms with Gasteiger partial charge >= 0.3 is 10.2 Å². The number of sulfonamides is 1. The van der Waals surface area contributed by atoms with Crippen LogP contribution in [0.3, 0.4) is 0 Å². The zero-order valence-electron chi connectivity index (χ0n) is 12.0. The summed E-state index contributed by atoms with van der Waals surface area (Å²) in [6, 6.07) is 4.18. The molecule has 0 aliphatic carbocycles. The Morgan fingerprint density at radius 3 is 2.29 bits per heavy atom. The summed E-state index contributed by atoms with van der Waals surface area (Å²) in [5, 5.41) is 0. The van der Waals surface area contributed by atoms with E-state index in [9.17, 15) is 20.7 Å². The van der Waals surface area contributed by atoms with Gasteiger partial charge in [-0.05, 0) is 32.0 Å². The molecule has 0 saturated heterocycles. The third-order valence-electron chi connectivity index (χ3n) is 2.65. The lowest BCUT2D eigenvalue weighted by Crippen LogP contribution is -2.31. The molecule has 0 spiro atoms. The Labute approximate surface area is 124 Å². The first-order valence-electron chi connectivity index (χ1n) is 6.18. The Kier molecular flexibility index (Phi) is 5.85. The van der Waals surface area contributed by atoms with Crippen LogP contribution in [0.4, 0.5) is 3.89 Å². The molecule has 6 nitrogen and oxygen atoms in total. The van der Waals surface area contributed by atoms with Crippen LogP contribution in [0.5, 0.6) is 0 Å². The van der Waals surface area contributed by atoms with Crippen molar-refractivity contribution in [3.63, 3.8) is 0 Å². The van der Waals surface area contributed by atoms with Gasteiger partial charge in [-0.25, -0.2) is 8.42 Å². The van der Waals surface area contributed by atoms with Gasteiger partial charge < -0.3 is 4.74 Å². The molecule has 0 unspecified atom stereocenters. The van der Waals surface area contributed by atoms with E-state index >= 15 is 0 Å². The van der Waals surface area contributed by atoms with Gasteiger partial charge in [0.15, 0.2) is 0 Å². The first-order chi connectivity index (χ1) is 9.55. The summed E-state index contributed by atoms with van der Waals surface area (Å²) in [6.07, 6.45) is -0.0267. The van der Waals surface area contributed by atoms with E-state index < -0.39 is 25.1 Å². The Morgan fingerprint density at radius 2 is 1.76 bits per heavy atom. The second-order valence-electron chi connectivity index (χ2n) is 4.66. The van der Waals surface area contributed by atoms with Crippen LogP contribution in [0.15, 0.2) is 34.1 Å². The summed E-state index contributed by atoms with van der Waals surface area (Å²) in [5.74, 6) is 0. The van der Waals surface area contributed by atoms with Gasteiger partial charge in [-0.15, -0.1) is 3.89 Å². The first kappa shape index (κ1) is 18.0. The average molecular weight is 339 g/mol. The topological polar surface area (TPSA) is 80.8 Å². The van der Waals surface area contributed by atoms with Gasteiger partial charge in [0.05, 0.1) is 22.5 Å². The van der Waals surface area contributed by atoms with Gasteiger partial charge in [0, 0.05) is 13.6 Å². The van der Waals surface area contributed by atoms with Crippen LogP contribution in [0.2, 0.25) is 0 Å². The molecule has 1 aromatic carbocycles. The number of nitrogens with zero attached hydrogens (tertiary/aromatic N) is 1. The standard InChI is InChI=1S/C12H18FNO5S2/c1-10(2)19-8-7-14(3)21(17,18)12-6-4-5-11(9-12)20(13,15)16/h4-6,9-10H,7-8H2,1-3H3. The molecule has 0 aliphatic heterocycles. The minimum absolute atomic E-state index is 0.0267. The van der Waals surface area contributed by atoms with Crippen LogP contribution < -0.4 is 0 Å². The van der Waals surface area contributed by atoms with Gasteiger partial charge in [-0.3, -0.25) is 0 Å². The van der Waals surface area contributed by atoms with Crippen LogP contribution in [0, 0.1) is 0 Å². The van der Waals surface area contributed by atoms with Crippen molar-refractivity contribution in [2.45, 2.75) is 29.7 Å². The molecule has 0 bridgehead atoms. The molecule has 0 aromatic heterocycles. The van der Waals surface area contributed by atoms with Crippen molar-refractivity contribution in [3.8, 4) is 0 Å². The maximum atomic E-state index is 12.9. The molecule has 0 amide bonds. The van der Waals surface area contributed by atoms with Crippen LogP contribution in [0.1, 0.15) is 13.8 Å². The highest BCUT2D eigenvalue weighted by atomic mass is 32.3. The fourth-order valence-corrected chi connectivity index (χ4v) is 3.29. The molecule has 9 heteroatoms. The number of hydrogen-bond acceptors (Lipinski definition) is 5. The Morgan fingerprint density at radius 1 is 1.19 bits per heavy atom. The normalized spacial score (nSPS) is 13.0. The molecule has 0 radical (unpaired) electrons. The molecule has 1 rings (SSSR count). The quantitative estimate of drug-likeness (QED) is 0.701. The summed E-state index contributed by atoms with van der Waals surface area (Å²) < 4.78 is 65.4. The summed E-state index contributed by atoms with van der Waals surface area (Å²) >= 11 is 0. The van der Waals surface area contributed by atoms with E-state index in [0.29, 0.717) is 0 Å². The second kappa shape index (κ2) is 6.82. The van der Waals surface area contributed by atoms with Gasteiger partial charge in [-0.2, -0.15) is 12.7 Å². The van der Waals surface area contributed by atoms with Crippen molar-refractivity contribution in [1.29, 1.82) is 0 Å². The monoisotopic (exact) mass is 339 g/mol. The molecule has 0 saturated carbocycles. The SMILES string of the molecule is CC(C)OCCN(C)S(=O)(=O)c1cccc(S(=O)(=O)F)c1. The van der Waals surface area contributed by atoms with E-state index in [1.165, 1.54) is 19.2 Å². The molecule has 0 aliphatic rings. The third-order valence-corrected chi connectivity index (χ3v) is 5.32. The largest absolute Gasteiger partial charge is 0.377 e. The molecule has 120 valence electrons. The smallest absolute Gasteiger partial charge is 0.332 e. The van der Waals surface area contributed by atoms with E-state index in [1.807, 2.05) is 13.8 Å². The predicted molar refractivity (Wildman–Crippen MR) is 75.6 cm³/mol. The lowest BCUT2D eigenvalue weighted by atomic mass is 10.4. The van der Waals surface area contributed by atoms with E-state index in [2.05, 4.69) is 0 Å². The number of rotatable bonds is 7. The van der Waals surface area contributed by atoms with Crippen molar-refractivity contribution in [1.82, 2.24) is 4.31 Å². The van der Waals surface area contributed by atoms with E-state index in [-0.39, 0.29) is 24.2 Å². The summed E-state index contributed by atoms with van der Waals surface area (Å²) in [7, 11) is -7.50. The minimum atomic E-state index is -4.95. The van der Waals surface area contributed by atoms with Crippen molar-refractivity contribution in [3.05, 3.63) is 24.3 Å². The Balaban J connectivity index is 2.97. The third kappa shape index (κ3) is 5.03. The van der Waals surface area contributed by atoms with Gasteiger partial charge in [0.25, 0.3) is 0 Å². The van der Waals surface area contributed by atoms with E-state index in [1.54, 1.807) is 0 Å². The maximum absolute atomic E-state index is 12.9. The van der Waals surface area contributed by atoms with Crippen molar-refractivity contribution in [2.75, 3.05) is 20.2 Å². The highest BCUT2D eigenvalue weighted by molar-refractivity contribution is 7.89. The number of ether oxygens (including phenoxy) is 1. The van der Waals surface area contributed by atoms with Crippen LogP contribution in [-0.4, -0.2) is 47.4 Å². The Hall–Kier alpha value is -1.03. The van der Waals surface area contributed by atoms with Crippen LogP contribution >= 0.6 is 0 Å². The number of halogens is 1. The number of hydrogen-bond donors (Lipinski definition) is 0. The Bertz CT molecular complexity index is 685. The van der Waals surface area contributed by atoms with E-state index in [4.69, 9.17) is 4.74 Å². The van der Waals surface area contributed by atoms with E-state index in [0.717, 1.165) is 16.4 Å². The van der Waals surface area contributed by atoms with Gasteiger partial charge in [0.2, 0.25) is 10.0 Å². The summed E-state index contributed by atoms with van der Waals surface area (Å²) in [4.78, 5) is -0.969. The number of benzene rings is 1. The lowest BCUT2D eigenvalue weighted by molar-refractivity contribution is 0.0737. The molecule has 1 aromatic rings. The molecule has 0 N–H and O–H groups in total.